The highest BCUT2D eigenvalue weighted by Crippen LogP contribution is 1.87. The van der Waals surface area contributed by atoms with Crippen molar-refractivity contribution in [1.82, 2.24) is 20.4 Å². The molecule has 0 rings (SSSR count). The van der Waals surface area contributed by atoms with Gasteiger partial charge in [-0.05, 0) is 26.9 Å². The summed E-state index contributed by atoms with van der Waals surface area (Å²) >= 11 is 0. The summed E-state index contributed by atoms with van der Waals surface area (Å²) in [7, 11) is 7.25. The van der Waals surface area contributed by atoms with Crippen molar-refractivity contribution in [2.75, 3.05) is 67.6 Å². The zero-order valence-corrected chi connectivity index (χ0v) is 14.1. The lowest BCUT2D eigenvalue weighted by molar-refractivity contribution is -0.127. The first kappa shape index (κ1) is 19.7. The second-order valence-corrected chi connectivity index (χ2v) is 5.06. The van der Waals surface area contributed by atoms with Crippen LogP contribution in [0.2, 0.25) is 0 Å². The maximum Gasteiger partial charge on any atom is 0.243 e. The Labute approximate surface area is 128 Å². The number of ether oxygens (including phenoxy) is 1. The number of nitrogens with one attached hydrogen (secondary N) is 2. The van der Waals surface area contributed by atoms with Crippen molar-refractivity contribution in [3.8, 4) is 0 Å². The highest BCUT2D eigenvalue weighted by Gasteiger charge is 2.04. The summed E-state index contributed by atoms with van der Waals surface area (Å²) in [6.07, 6.45) is 1.01. The number of guanidine groups is 1. The van der Waals surface area contributed by atoms with Gasteiger partial charge in [0.15, 0.2) is 5.96 Å². The molecule has 0 aliphatic rings. The summed E-state index contributed by atoms with van der Waals surface area (Å²) in [5.74, 6) is 0.679. The summed E-state index contributed by atoms with van der Waals surface area (Å²) in [5, 5.41) is 6.37. The van der Waals surface area contributed by atoms with Gasteiger partial charge in [-0.25, -0.2) is 4.99 Å². The first-order chi connectivity index (χ1) is 10.0. The fourth-order valence-corrected chi connectivity index (χ4v) is 1.54. The minimum absolute atomic E-state index is 0.00787. The molecule has 0 saturated carbocycles. The summed E-state index contributed by atoms with van der Waals surface area (Å²) in [4.78, 5) is 19.6. The van der Waals surface area contributed by atoms with Crippen LogP contribution in [0, 0.1) is 0 Å². The Morgan fingerprint density at radius 2 is 1.90 bits per heavy atom. The van der Waals surface area contributed by atoms with Gasteiger partial charge in [0.25, 0.3) is 0 Å². The molecule has 0 radical (unpaired) electrons. The number of likely N-dealkylation sites (N-methyl/N-ethyl adjacent to an activating group) is 2. The van der Waals surface area contributed by atoms with E-state index in [0.29, 0.717) is 5.96 Å². The summed E-state index contributed by atoms with van der Waals surface area (Å²) in [6.45, 7) is 6.43. The average molecular weight is 301 g/mol. The summed E-state index contributed by atoms with van der Waals surface area (Å²) < 4.78 is 5.04. The average Bonchev–Trinajstić information content (AvgIpc) is 2.46. The molecule has 0 atom stereocenters. The molecule has 0 saturated heterocycles. The molecule has 21 heavy (non-hydrogen) atoms. The van der Waals surface area contributed by atoms with Crippen LogP contribution < -0.4 is 10.6 Å². The maximum atomic E-state index is 11.5. The highest BCUT2D eigenvalue weighted by atomic mass is 16.5. The third-order valence-corrected chi connectivity index (χ3v) is 2.90. The second kappa shape index (κ2) is 12.4. The number of amides is 1. The van der Waals surface area contributed by atoms with E-state index in [-0.39, 0.29) is 12.5 Å². The molecule has 0 unspecified atom stereocenters. The van der Waals surface area contributed by atoms with Crippen LogP contribution in [0.3, 0.4) is 0 Å². The number of hydrogen-bond donors (Lipinski definition) is 2. The Morgan fingerprint density at radius 3 is 2.48 bits per heavy atom. The topological polar surface area (TPSA) is 69.2 Å². The number of methoxy groups -OCH3 is 1. The first-order valence-electron chi connectivity index (χ1n) is 7.41. The van der Waals surface area contributed by atoms with Gasteiger partial charge in [0, 0.05) is 40.8 Å². The summed E-state index contributed by atoms with van der Waals surface area (Å²) in [6, 6.07) is 0. The molecule has 124 valence electrons. The number of nitrogens with zero attached hydrogens (tertiary/aromatic N) is 3. The fraction of sp³-hybridized carbons (Fsp3) is 0.857. The minimum atomic E-state index is -0.00787. The molecule has 0 aromatic carbocycles. The van der Waals surface area contributed by atoms with Crippen molar-refractivity contribution in [3.63, 3.8) is 0 Å². The smallest absolute Gasteiger partial charge is 0.243 e. The molecular formula is C14H31N5O2. The van der Waals surface area contributed by atoms with Gasteiger partial charge >= 0.3 is 0 Å². The molecule has 7 heteroatoms. The quantitative estimate of drug-likeness (QED) is 0.326. The fourth-order valence-electron chi connectivity index (χ4n) is 1.54. The number of hydrogen-bond acceptors (Lipinski definition) is 4. The van der Waals surface area contributed by atoms with Crippen LogP contribution >= 0.6 is 0 Å². The Hall–Kier alpha value is -1.34. The Kier molecular flexibility index (Phi) is 11.6. The van der Waals surface area contributed by atoms with Crippen molar-refractivity contribution in [2.24, 2.45) is 4.99 Å². The molecule has 0 fully saturated rings. The molecule has 1 amide bonds. The number of rotatable bonds is 10. The van der Waals surface area contributed by atoms with Crippen molar-refractivity contribution in [2.45, 2.75) is 13.3 Å². The van der Waals surface area contributed by atoms with E-state index in [1.165, 1.54) is 4.90 Å². The maximum absolute atomic E-state index is 11.5. The normalized spacial score (nSPS) is 11.6. The Bertz CT molecular complexity index is 308. The number of carbonyl (C=O) groups is 1. The highest BCUT2D eigenvalue weighted by molar-refractivity contribution is 5.84. The Morgan fingerprint density at radius 1 is 1.19 bits per heavy atom. The third-order valence-electron chi connectivity index (χ3n) is 2.90. The van der Waals surface area contributed by atoms with E-state index < -0.39 is 0 Å². The molecule has 7 nitrogen and oxygen atoms in total. The van der Waals surface area contributed by atoms with Crippen molar-refractivity contribution >= 4 is 11.9 Å². The number of aliphatic imine (C=N–C) groups is 1. The van der Waals surface area contributed by atoms with E-state index >= 15 is 0 Å². The van der Waals surface area contributed by atoms with Crippen molar-refractivity contribution in [1.29, 1.82) is 0 Å². The van der Waals surface area contributed by atoms with Crippen molar-refractivity contribution < 1.29 is 9.53 Å². The summed E-state index contributed by atoms with van der Waals surface area (Å²) in [5.41, 5.74) is 0. The molecule has 0 spiro atoms. The monoisotopic (exact) mass is 301 g/mol. The van der Waals surface area contributed by atoms with E-state index in [2.05, 4.69) is 27.6 Å². The number of carbonyl (C=O) groups excluding carboxylic acids is 1. The van der Waals surface area contributed by atoms with Gasteiger partial charge in [-0.15, -0.1) is 0 Å². The van der Waals surface area contributed by atoms with E-state index in [0.717, 1.165) is 39.2 Å². The third kappa shape index (κ3) is 11.0. The molecular weight excluding hydrogens is 270 g/mol. The molecule has 0 heterocycles. The van der Waals surface area contributed by atoms with Gasteiger partial charge < -0.3 is 25.2 Å². The van der Waals surface area contributed by atoms with Crippen LogP contribution in [0.25, 0.3) is 0 Å². The molecule has 0 aromatic heterocycles. The zero-order valence-electron chi connectivity index (χ0n) is 14.1. The molecule has 0 aliphatic heterocycles. The first-order valence-corrected chi connectivity index (χ1v) is 7.41. The van der Waals surface area contributed by atoms with E-state index in [4.69, 9.17) is 4.74 Å². The molecule has 2 N–H and O–H groups in total. The lowest BCUT2D eigenvalue weighted by Crippen LogP contribution is -2.39. The molecule has 0 bridgehead atoms. The van der Waals surface area contributed by atoms with Crippen LogP contribution in [0.4, 0.5) is 0 Å². The van der Waals surface area contributed by atoms with Crippen LogP contribution in [-0.2, 0) is 9.53 Å². The van der Waals surface area contributed by atoms with Crippen LogP contribution in [0.15, 0.2) is 4.99 Å². The Balaban J connectivity index is 3.98. The van der Waals surface area contributed by atoms with Gasteiger partial charge in [0.1, 0.15) is 6.54 Å². The molecule has 0 aromatic rings. The lowest BCUT2D eigenvalue weighted by Gasteiger charge is -2.17. The van der Waals surface area contributed by atoms with E-state index in [9.17, 15) is 4.79 Å². The van der Waals surface area contributed by atoms with Crippen LogP contribution in [-0.4, -0.2) is 89.3 Å². The van der Waals surface area contributed by atoms with Gasteiger partial charge in [-0.2, -0.15) is 0 Å². The van der Waals surface area contributed by atoms with Gasteiger partial charge in [0.2, 0.25) is 5.91 Å². The predicted molar refractivity (Wildman–Crippen MR) is 86.7 cm³/mol. The second-order valence-electron chi connectivity index (χ2n) is 5.06. The SMILES string of the molecule is CCNC(=NCC(=O)N(C)C)NCCCN(C)CCOC. The lowest BCUT2D eigenvalue weighted by atomic mass is 10.4. The van der Waals surface area contributed by atoms with E-state index in [1.807, 2.05) is 6.92 Å². The van der Waals surface area contributed by atoms with Crippen molar-refractivity contribution in [3.05, 3.63) is 0 Å². The van der Waals surface area contributed by atoms with Gasteiger partial charge in [-0.1, -0.05) is 0 Å². The van der Waals surface area contributed by atoms with Crippen LogP contribution in [0.1, 0.15) is 13.3 Å². The predicted octanol–water partition coefficient (Wildman–Crippen LogP) is -0.402. The van der Waals surface area contributed by atoms with Gasteiger partial charge in [0.05, 0.1) is 6.61 Å². The van der Waals surface area contributed by atoms with Crippen LogP contribution in [0.5, 0.6) is 0 Å². The van der Waals surface area contributed by atoms with E-state index in [1.54, 1.807) is 21.2 Å². The minimum Gasteiger partial charge on any atom is -0.383 e. The zero-order chi connectivity index (χ0) is 16.1. The van der Waals surface area contributed by atoms with Gasteiger partial charge in [-0.3, -0.25) is 4.79 Å². The largest absolute Gasteiger partial charge is 0.383 e. The molecule has 0 aliphatic carbocycles. The standard InChI is InChI=1S/C14H31N5O2/c1-6-15-14(17-12-13(20)18(2)3)16-8-7-9-19(4)10-11-21-5/h6-12H2,1-5H3,(H2,15,16,17).